The normalized spacial score (nSPS) is 11.9. The van der Waals surface area contributed by atoms with E-state index in [0.29, 0.717) is 10.8 Å². The predicted octanol–water partition coefficient (Wildman–Crippen LogP) is 3.91. The van der Waals surface area contributed by atoms with Crippen LogP contribution in [0.1, 0.15) is 11.8 Å². The molecule has 0 radical (unpaired) electrons. The summed E-state index contributed by atoms with van der Waals surface area (Å²) in [4.78, 5) is 12.7. The SMILES string of the molecule is C[C@H](Oc1ccc(Cl)cc1)C(=O)OCc1cccs1. The molecule has 1 aromatic heterocycles. The van der Waals surface area contributed by atoms with E-state index in [1.807, 2.05) is 17.5 Å². The molecule has 0 unspecified atom stereocenters. The van der Waals surface area contributed by atoms with Crippen LogP contribution in [0.5, 0.6) is 5.75 Å². The molecule has 0 N–H and O–H groups in total. The summed E-state index contributed by atoms with van der Waals surface area (Å²) in [5.41, 5.74) is 0. The van der Waals surface area contributed by atoms with Gasteiger partial charge < -0.3 is 9.47 Å². The standard InChI is InChI=1S/C14H13ClO3S/c1-10(18-12-6-4-11(15)5-7-12)14(16)17-9-13-3-2-8-19-13/h2-8,10H,9H2,1H3/t10-/m0/s1. The van der Waals surface area contributed by atoms with E-state index in [1.165, 1.54) is 0 Å². The maximum absolute atomic E-state index is 11.7. The highest BCUT2D eigenvalue weighted by Crippen LogP contribution is 2.17. The largest absolute Gasteiger partial charge is 0.479 e. The maximum Gasteiger partial charge on any atom is 0.347 e. The third-order valence-corrected chi connectivity index (χ3v) is 3.50. The second-order valence-corrected chi connectivity index (χ2v) is 5.37. The van der Waals surface area contributed by atoms with Crippen molar-refractivity contribution in [2.24, 2.45) is 0 Å². The molecule has 0 aliphatic heterocycles. The van der Waals surface area contributed by atoms with Crippen LogP contribution in [0.25, 0.3) is 0 Å². The highest BCUT2D eigenvalue weighted by molar-refractivity contribution is 7.09. The fraction of sp³-hybridized carbons (Fsp3) is 0.214. The number of esters is 1. The van der Waals surface area contributed by atoms with E-state index in [-0.39, 0.29) is 12.6 Å². The van der Waals surface area contributed by atoms with Crippen molar-refractivity contribution in [3.63, 3.8) is 0 Å². The molecule has 5 heteroatoms. The molecule has 0 saturated carbocycles. The van der Waals surface area contributed by atoms with Crippen LogP contribution in [0, 0.1) is 0 Å². The van der Waals surface area contributed by atoms with Gasteiger partial charge in [-0.15, -0.1) is 11.3 Å². The molecule has 2 rings (SSSR count). The predicted molar refractivity (Wildman–Crippen MR) is 75.7 cm³/mol. The van der Waals surface area contributed by atoms with Crippen molar-refractivity contribution in [2.45, 2.75) is 19.6 Å². The fourth-order valence-electron chi connectivity index (χ4n) is 1.42. The summed E-state index contributed by atoms with van der Waals surface area (Å²) < 4.78 is 10.6. The number of hydrogen-bond donors (Lipinski definition) is 0. The van der Waals surface area contributed by atoms with E-state index in [1.54, 1.807) is 42.5 Å². The molecule has 0 aliphatic rings. The number of benzene rings is 1. The van der Waals surface area contributed by atoms with Crippen LogP contribution in [0.15, 0.2) is 41.8 Å². The Hall–Kier alpha value is -1.52. The number of carbonyl (C=O) groups excluding carboxylic acids is 1. The van der Waals surface area contributed by atoms with Gasteiger partial charge in [-0.25, -0.2) is 4.79 Å². The average molecular weight is 297 g/mol. The number of hydrogen-bond acceptors (Lipinski definition) is 4. The Balaban J connectivity index is 1.83. The first kappa shape index (κ1) is 13.9. The van der Waals surface area contributed by atoms with Gasteiger partial charge in [0, 0.05) is 9.90 Å². The van der Waals surface area contributed by atoms with Crippen LogP contribution in [-0.2, 0) is 16.1 Å². The number of halogens is 1. The second kappa shape index (κ2) is 6.59. The number of rotatable bonds is 5. The highest BCUT2D eigenvalue weighted by Gasteiger charge is 2.16. The lowest BCUT2D eigenvalue weighted by Crippen LogP contribution is -2.25. The summed E-state index contributed by atoms with van der Waals surface area (Å²) in [6.07, 6.45) is -0.652. The first-order valence-electron chi connectivity index (χ1n) is 5.76. The molecule has 19 heavy (non-hydrogen) atoms. The van der Waals surface area contributed by atoms with Crippen molar-refractivity contribution in [3.8, 4) is 5.75 Å². The van der Waals surface area contributed by atoms with Gasteiger partial charge in [0.2, 0.25) is 0 Å². The van der Waals surface area contributed by atoms with Crippen LogP contribution in [0.4, 0.5) is 0 Å². The van der Waals surface area contributed by atoms with Crippen LogP contribution in [-0.4, -0.2) is 12.1 Å². The molecule has 2 aromatic rings. The smallest absolute Gasteiger partial charge is 0.347 e. The van der Waals surface area contributed by atoms with Crippen LogP contribution >= 0.6 is 22.9 Å². The van der Waals surface area contributed by atoms with Crippen LogP contribution < -0.4 is 4.74 Å². The Kier molecular flexibility index (Phi) is 4.82. The van der Waals surface area contributed by atoms with E-state index in [2.05, 4.69) is 0 Å². The lowest BCUT2D eigenvalue weighted by Gasteiger charge is -2.13. The molecule has 0 bridgehead atoms. The Morgan fingerprint density at radius 2 is 2.05 bits per heavy atom. The highest BCUT2D eigenvalue weighted by atomic mass is 35.5. The van der Waals surface area contributed by atoms with Crippen molar-refractivity contribution in [1.82, 2.24) is 0 Å². The Bertz CT molecular complexity index is 522. The molecular formula is C14H13ClO3S. The zero-order chi connectivity index (χ0) is 13.7. The zero-order valence-corrected chi connectivity index (χ0v) is 11.9. The quantitative estimate of drug-likeness (QED) is 0.785. The molecule has 0 fully saturated rings. The summed E-state index contributed by atoms with van der Waals surface area (Å²) in [7, 11) is 0. The topological polar surface area (TPSA) is 35.5 Å². The van der Waals surface area contributed by atoms with Crippen molar-refractivity contribution >= 4 is 28.9 Å². The molecule has 0 aliphatic carbocycles. The van der Waals surface area contributed by atoms with E-state index in [0.717, 1.165) is 4.88 Å². The average Bonchev–Trinajstić information content (AvgIpc) is 2.91. The maximum atomic E-state index is 11.7. The summed E-state index contributed by atoms with van der Waals surface area (Å²) >= 11 is 7.32. The Labute approximate surface area is 120 Å². The van der Waals surface area contributed by atoms with E-state index < -0.39 is 6.10 Å². The minimum absolute atomic E-state index is 0.283. The van der Waals surface area contributed by atoms with E-state index in [9.17, 15) is 4.79 Å². The first-order valence-corrected chi connectivity index (χ1v) is 7.02. The van der Waals surface area contributed by atoms with Gasteiger partial charge in [0.15, 0.2) is 6.10 Å². The van der Waals surface area contributed by atoms with Gasteiger partial charge >= 0.3 is 5.97 Å². The third-order valence-electron chi connectivity index (χ3n) is 2.40. The van der Waals surface area contributed by atoms with Crippen LogP contribution in [0.3, 0.4) is 0 Å². The fourth-order valence-corrected chi connectivity index (χ4v) is 2.16. The van der Waals surface area contributed by atoms with Gasteiger partial charge in [-0.2, -0.15) is 0 Å². The van der Waals surface area contributed by atoms with Gasteiger partial charge in [-0.05, 0) is 42.6 Å². The van der Waals surface area contributed by atoms with Gasteiger partial charge in [-0.1, -0.05) is 17.7 Å². The lowest BCUT2D eigenvalue weighted by atomic mass is 10.3. The lowest BCUT2D eigenvalue weighted by molar-refractivity contribution is -0.152. The Morgan fingerprint density at radius 3 is 2.68 bits per heavy atom. The molecule has 0 amide bonds. The van der Waals surface area contributed by atoms with E-state index >= 15 is 0 Å². The minimum Gasteiger partial charge on any atom is -0.479 e. The summed E-state index contributed by atoms with van der Waals surface area (Å²) in [6, 6.07) is 10.7. The van der Waals surface area contributed by atoms with Crippen LogP contribution in [0.2, 0.25) is 5.02 Å². The molecule has 1 aromatic carbocycles. The number of ether oxygens (including phenoxy) is 2. The summed E-state index contributed by atoms with van der Waals surface area (Å²) in [5.74, 6) is 0.202. The zero-order valence-electron chi connectivity index (χ0n) is 10.3. The monoisotopic (exact) mass is 296 g/mol. The van der Waals surface area contributed by atoms with Gasteiger partial charge in [0.25, 0.3) is 0 Å². The minimum atomic E-state index is -0.652. The van der Waals surface area contributed by atoms with Crippen molar-refractivity contribution in [3.05, 3.63) is 51.7 Å². The molecule has 0 spiro atoms. The molecule has 1 atom stereocenters. The summed E-state index contributed by atoms with van der Waals surface area (Å²) in [5, 5.41) is 2.57. The van der Waals surface area contributed by atoms with Crippen molar-refractivity contribution in [2.75, 3.05) is 0 Å². The number of thiophene rings is 1. The molecular weight excluding hydrogens is 284 g/mol. The molecule has 100 valence electrons. The van der Waals surface area contributed by atoms with Gasteiger partial charge in [0.1, 0.15) is 12.4 Å². The third kappa shape index (κ3) is 4.26. The second-order valence-electron chi connectivity index (χ2n) is 3.90. The van der Waals surface area contributed by atoms with Gasteiger partial charge in [0.05, 0.1) is 0 Å². The van der Waals surface area contributed by atoms with Crippen molar-refractivity contribution < 1.29 is 14.3 Å². The molecule has 0 saturated heterocycles. The first-order chi connectivity index (χ1) is 9.15. The molecule has 3 nitrogen and oxygen atoms in total. The summed E-state index contributed by atoms with van der Waals surface area (Å²) in [6.45, 7) is 1.94. The van der Waals surface area contributed by atoms with Gasteiger partial charge in [-0.3, -0.25) is 0 Å². The van der Waals surface area contributed by atoms with E-state index in [4.69, 9.17) is 21.1 Å². The Morgan fingerprint density at radius 1 is 1.32 bits per heavy atom. The van der Waals surface area contributed by atoms with Crippen molar-refractivity contribution in [1.29, 1.82) is 0 Å². The number of carbonyl (C=O) groups is 1. The molecule has 1 heterocycles.